The minimum atomic E-state index is -4.27. The minimum absolute atomic E-state index is 0.0731. The molecule has 1 spiro atoms. The van der Waals surface area contributed by atoms with Crippen molar-refractivity contribution in [3.05, 3.63) is 69.7 Å². The number of benzene rings is 2. The van der Waals surface area contributed by atoms with Gasteiger partial charge in [-0.05, 0) is 0 Å². The summed E-state index contributed by atoms with van der Waals surface area (Å²) in [6.07, 6.45) is 0. The van der Waals surface area contributed by atoms with Crippen LogP contribution in [0.3, 0.4) is 0 Å². The molecule has 10 aliphatic heterocycles. The van der Waals surface area contributed by atoms with E-state index in [1.54, 1.807) is 0 Å². The molecule has 146 valence electrons. The van der Waals surface area contributed by atoms with Gasteiger partial charge in [0.1, 0.15) is 0 Å². The average molecular weight is 463 g/mol. The molecule has 8 atom stereocenters. The fourth-order valence-electron chi connectivity index (χ4n) is 19.5. The second-order valence-corrected chi connectivity index (χ2v) is 37.4. The molecule has 10 saturated heterocycles. The third kappa shape index (κ3) is 0.234. The molecule has 0 aromatic heterocycles. The van der Waals surface area contributed by atoms with Gasteiger partial charge in [0.05, 0.1) is 0 Å². The number of Topliss-reactive ketones (excluding diaryl/α,β-unsaturated/α-hetero) is 2. The average Bonchev–Trinajstić information content (AvgIpc) is 3.67. The quantitative estimate of drug-likeness (QED) is 0.356. The van der Waals surface area contributed by atoms with Gasteiger partial charge in [-0.2, -0.15) is 0 Å². The number of hydrogen-bond donors (Lipinski definition) is 0. The molecular weight excluding hydrogens is 447 g/mol. The number of carbonyl (C=O) groups excluding carboxylic acids is 2. The first-order chi connectivity index (χ1) is 13.8. The van der Waals surface area contributed by atoms with Gasteiger partial charge < -0.3 is 0 Å². The van der Waals surface area contributed by atoms with Crippen LogP contribution in [0.5, 0.6) is 0 Å². The number of hydrogen-bond acceptors (Lipinski definition) is 2. The van der Waals surface area contributed by atoms with E-state index in [2.05, 4.69) is 0 Å². The Labute approximate surface area is 167 Å². The van der Waals surface area contributed by atoms with E-state index in [0.29, 0.717) is 40.9 Å². The van der Waals surface area contributed by atoms with E-state index in [1.165, 1.54) is 0 Å². The van der Waals surface area contributed by atoms with Gasteiger partial charge in [-0.3, -0.25) is 0 Å². The Balaban J connectivity index is 1.21. The molecule has 2 aromatic rings. The van der Waals surface area contributed by atoms with Crippen LogP contribution in [0.4, 0.5) is 0 Å². The molecule has 5 heteroatoms. The second-order valence-electron chi connectivity index (χ2n) is 13.4. The van der Waals surface area contributed by atoms with Crippen LogP contribution in [0.2, 0.25) is 57.2 Å². The monoisotopic (exact) mass is 462 g/mol. The first kappa shape index (κ1) is 13.3. The zero-order chi connectivity index (χ0) is 19.1. The molecule has 10 fully saturated rings. The van der Waals surface area contributed by atoms with Gasteiger partial charge >= 0.3 is 168 Å². The first-order valence-electron chi connectivity index (χ1n) is 10.6. The van der Waals surface area contributed by atoms with Crippen LogP contribution in [0.1, 0.15) is 20.7 Å². The molecule has 8 unspecified atom stereocenters. The van der Waals surface area contributed by atoms with Gasteiger partial charge in [-0.1, -0.05) is 0 Å². The summed E-state index contributed by atoms with van der Waals surface area (Å²) in [5.41, 5.74) is 1.48. The molecule has 0 N–H and O–H groups in total. The molecule has 10 heterocycles. The molecule has 12 rings (SSSR count). The zero-order valence-corrected chi connectivity index (χ0v) is 17.8. The van der Waals surface area contributed by atoms with Gasteiger partial charge in [0, 0.05) is 0 Å². The summed E-state index contributed by atoms with van der Waals surface area (Å²) in [6, 6.07) is 15.2. The van der Waals surface area contributed by atoms with Gasteiger partial charge in [-0.15, -0.1) is 0 Å². The zero-order valence-electron chi connectivity index (χ0n) is 15.2. The fourth-order valence-corrected chi connectivity index (χ4v) is 95.3. The van der Waals surface area contributed by atoms with Crippen molar-refractivity contribution in [2.45, 2.75) is 47.2 Å². The van der Waals surface area contributed by atoms with Crippen molar-refractivity contribution in [2.24, 2.45) is 0 Å². The Bertz CT molecular complexity index is 1660. The van der Waals surface area contributed by atoms with Crippen LogP contribution < -0.4 is 0 Å². The van der Waals surface area contributed by atoms with Crippen LogP contribution in [-0.2, 0) is 6.51 Å². The summed E-state index contributed by atoms with van der Waals surface area (Å²) in [5.74, 6) is 0.724. The molecule has 2 aromatic carbocycles. The molecule has 0 amide bonds. The molecular formula is C24H16Cl2FeO2. The van der Waals surface area contributed by atoms with Gasteiger partial charge in [0.25, 0.3) is 0 Å². The maximum atomic E-state index is 14.2. The summed E-state index contributed by atoms with van der Waals surface area (Å²) >= 11 is 13.0. The van der Waals surface area contributed by atoms with Crippen molar-refractivity contribution >= 4 is 34.8 Å². The van der Waals surface area contributed by atoms with Gasteiger partial charge in [-0.25, -0.2) is 0 Å². The predicted octanol–water partition coefficient (Wildman–Crippen LogP) is 7.19. The molecule has 29 heavy (non-hydrogen) atoms. The van der Waals surface area contributed by atoms with Crippen molar-refractivity contribution < 1.29 is 16.1 Å². The predicted molar refractivity (Wildman–Crippen MR) is 107 cm³/mol. The maximum absolute atomic E-state index is 14.2. The number of ketones is 2. The Morgan fingerprint density at radius 2 is 1.00 bits per heavy atom. The van der Waals surface area contributed by atoms with Crippen molar-refractivity contribution in [1.82, 2.24) is 0 Å². The number of halogens is 2. The van der Waals surface area contributed by atoms with E-state index in [4.69, 9.17) is 23.2 Å². The van der Waals surface area contributed by atoms with E-state index in [1.807, 2.05) is 48.5 Å². The molecule has 0 saturated carbocycles. The number of carbonyl (C=O) groups is 2. The Morgan fingerprint density at radius 1 is 0.655 bits per heavy atom. The third-order valence-corrected chi connectivity index (χ3v) is 61.1. The van der Waals surface area contributed by atoms with Crippen molar-refractivity contribution in [3.63, 3.8) is 0 Å². The number of rotatable bonds is 4. The Kier molecular flexibility index (Phi) is 0.738. The summed E-state index contributed by atoms with van der Waals surface area (Å²) < 4.78 is -0.146. The van der Waals surface area contributed by atoms with E-state index in [9.17, 15) is 9.59 Å². The van der Waals surface area contributed by atoms with E-state index in [-0.39, 0.29) is 8.63 Å². The first-order valence-corrected chi connectivity index (χ1v) is 17.5. The van der Waals surface area contributed by atoms with Crippen molar-refractivity contribution in [3.8, 4) is 0 Å². The topological polar surface area (TPSA) is 34.1 Å². The van der Waals surface area contributed by atoms with E-state index >= 15 is 0 Å². The van der Waals surface area contributed by atoms with E-state index in [0.717, 1.165) is 30.4 Å². The van der Waals surface area contributed by atoms with Crippen LogP contribution in [-0.4, -0.2) is 11.6 Å². The van der Waals surface area contributed by atoms with Crippen LogP contribution in [0, 0.1) is 0 Å². The molecule has 10 aliphatic rings. The van der Waals surface area contributed by atoms with Gasteiger partial charge in [0.15, 0.2) is 0 Å². The van der Waals surface area contributed by atoms with Gasteiger partial charge in [0.2, 0.25) is 0 Å². The Hall–Kier alpha value is -1.12. The second kappa shape index (κ2) is 1.61. The fraction of sp³-hybridized carbons (Fsp3) is 0.417. The van der Waals surface area contributed by atoms with Crippen LogP contribution in [0.25, 0.3) is 0 Å². The molecule has 0 bridgehead atoms. The standard InChI is InChI=1S/2C12H8ClO.Fe/c2*13-11-8-4-3-7-10(11)12(14)9-5-1-2-6-9;/h2*1-8H;. The summed E-state index contributed by atoms with van der Waals surface area (Å²) in [7, 11) is 0. The molecule has 2 nitrogen and oxygen atoms in total. The normalized spacial score (nSPS) is 76.9. The SMILES string of the molecule is O=C(c1ccccc1Cl)[C]12[CH]3[CH]4[CH]5[CH]1[Fe]45321678[CH]2[CH]1[CH]6[C]7(C(=O)c1ccccc1Cl)[CH]28. The summed E-state index contributed by atoms with van der Waals surface area (Å²) in [4.78, 5) is 34.4. The van der Waals surface area contributed by atoms with Crippen molar-refractivity contribution in [1.29, 1.82) is 0 Å². The molecule has 0 aliphatic carbocycles. The van der Waals surface area contributed by atoms with Crippen LogP contribution >= 0.6 is 23.2 Å². The molecule has 0 radical (unpaired) electrons. The van der Waals surface area contributed by atoms with Crippen LogP contribution in [0.15, 0.2) is 48.5 Å². The Morgan fingerprint density at radius 3 is 1.31 bits per heavy atom. The van der Waals surface area contributed by atoms with Crippen molar-refractivity contribution in [2.75, 3.05) is 0 Å². The summed E-state index contributed by atoms with van der Waals surface area (Å²) in [5, 5.41) is 1.19. The third-order valence-electron chi connectivity index (χ3n) is 17.7. The number of fused-ring (bicyclic) bond motifs is 10. The summed E-state index contributed by atoms with van der Waals surface area (Å²) in [6.45, 7) is -4.27. The van der Waals surface area contributed by atoms with E-state index < -0.39 is 6.51 Å².